The number of halogens is 1. The minimum absolute atomic E-state index is 0.157. The Morgan fingerprint density at radius 2 is 1.57 bits per heavy atom. The molecule has 0 amide bonds. The largest absolute Gasteiger partial charge is 0.308 e. The molecule has 35 heavy (non-hydrogen) atoms. The van der Waals surface area contributed by atoms with Gasteiger partial charge in [0.2, 0.25) is 0 Å². The van der Waals surface area contributed by atoms with Gasteiger partial charge in [-0.2, -0.15) is 0 Å². The molecule has 3 aromatic carbocycles. The fraction of sp³-hybridized carbons (Fsp3) is 0.194. The number of allylic oxidation sites excluding steroid dienone is 1. The van der Waals surface area contributed by atoms with Crippen molar-refractivity contribution in [2.75, 3.05) is 0 Å². The van der Waals surface area contributed by atoms with Crippen LogP contribution in [-0.2, 0) is 0 Å². The lowest BCUT2D eigenvalue weighted by molar-refractivity contribution is 0.458. The Bertz CT molecular complexity index is 1390. The summed E-state index contributed by atoms with van der Waals surface area (Å²) in [5, 5.41) is 3.34. The molecule has 2 aliphatic heterocycles. The minimum Gasteiger partial charge on any atom is -0.308 e. The van der Waals surface area contributed by atoms with Gasteiger partial charge in [-0.1, -0.05) is 99.5 Å². The summed E-state index contributed by atoms with van der Waals surface area (Å²) >= 11 is 5.33. The van der Waals surface area contributed by atoms with Crippen molar-refractivity contribution >= 4 is 44.6 Å². The Labute approximate surface area is 220 Å². The van der Waals surface area contributed by atoms with Crippen molar-refractivity contribution in [1.82, 2.24) is 4.90 Å². The van der Waals surface area contributed by atoms with Gasteiger partial charge >= 0.3 is 0 Å². The first-order chi connectivity index (χ1) is 17.1. The molecule has 0 saturated carbocycles. The molecule has 0 bridgehead atoms. The second-order valence-corrected chi connectivity index (χ2v) is 11.3. The average Bonchev–Trinajstić information content (AvgIpc) is 3.29. The van der Waals surface area contributed by atoms with Gasteiger partial charge in [0.1, 0.15) is 0 Å². The quantitative estimate of drug-likeness (QED) is 0.330. The smallest absolute Gasteiger partial charge is 0.174 e. The van der Waals surface area contributed by atoms with Crippen LogP contribution >= 0.6 is 27.7 Å². The van der Waals surface area contributed by atoms with Crippen LogP contribution in [0.4, 0.5) is 0 Å². The fourth-order valence-corrected chi connectivity index (χ4v) is 6.35. The van der Waals surface area contributed by atoms with Crippen molar-refractivity contribution in [3.05, 3.63) is 127 Å². The summed E-state index contributed by atoms with van der Waals surface area (Å²) < 4.78 is 1.10. The molecular formula is C31H27BrN2S. The van der Waals surface area contributed by atoms with Crippen LogP contribution in [0.3, 0.4) is 0 Å². The lowest BCUT2D eigenvalue weighted by Gasteiger charge is -2.40. The van der Waals surface area contributed by atoms with E-state index in [2.05, 4.69) is 119 Å². The Morgan fingerprint density at radius 1 is 0.886 bits per heavy atom. The number of aliphatic imine (C=N–C) groups is 1. The van der Waals surface area contributed by atoms with E-state index in [-0.39, 0.29) is 6.04 Å². The van der Waals surface area contributed by atoms with E-state index in [0.717, 1.165) is 28.9 Å². The zero-order valence-corrected chi connectivity index (χ0v) is 22.4. The van der Waals surface area contributed by atoms with E-state index in [0.29, 0.717) is 0 Å². The monoisotopic (exact) mass is 538 g/mol. The number of nitrogens with zero attached hydrogens (tertiary/aromatic N) is 2. The molecule has 2 heterocycles. The molecule has 6 rings (SSSR count). The molecule has 0 radical (unpaired) electrons. The van der Waals surface area contributed by atoms with E-state index in [9.17, 15) is 0 Å². The molecule has 1 aliphatic carbocycles. The number of fused-ring (bicyclic) bond motifs is 1. The lowest BCUT2D eigenvalue weighted by atomic mass is 9.82. The predicted octanol–water partition coefficient (Wildman–Crippen LogP) is 9.05. The Balaban J connectivity index is 1.48. The Kier molecular flexibility index (Phi) is 6.03. The molecule has 174 valence electrons. The van der Waals surface area contributed by atoms with E-state index in [1.54, 1.807) is 11.8 Å². The van der Waals surface area contributed by atoms with Crippen molar-refractivity contribution in [3.8, 4) is 0 Å². The average molecular weight is 540 g/mol. The zero-order valence-electron chi connectivity index (χ0n) is 20.0. The standard InChI is InChI=1S/C31H27BrN2S/c1-20-6-10-22(11-7-20)18-25-4-3-5-27-29(25)33-31-34(30(27)24-12-8-21(2)9-13-24)28(19-35-31)23-14-16-26(32)17-15-23/h6-19,30H,3-5H2,1-2H3/b25-18+/t30-/m1/s1. The van der Waals surface area contributed by atoms with Gasteiger partial charge in [-0.3, -0.25) is 0 Å². The molecule has 1 atom stereocenters. The summed E-state index contributed by atoms with van der Waals surface area (Å²) in [5.74, 6) is 0. The molecule has 0 fully saturated rings. The highest BCUT2D eigenvalue weighted by Gasteiger charge is 2.40. The summed E-state index contributed by atoms with van der Waals surface area (Å²) in [6, 6.07) is 26.7. The number of hydrogen-bond donors (Lipinski definition) is 0. The topological polar surface area (TPSA) is 15.6 Å². The minimum atomic E-state index is 0.157. The predicted molar refractivity (Wildman–Crippen MR) is 153 cm³/mol. The van der Waals surface area contributed by atoms with E-state index in [1.807, 2.05) is 0 Å². The van der Waals surface area contributed by atoms with E-state index < -0.39 is 0 Å². The van der Waals surface area contributed by atoms with Crippen molar-refractivity contribution in [3.63, 3.8) is 0 Å². The maximum Gasteiger partial charge on any atom is 0.174 e. The molecule has 3 aliphatic rings. The van der Waals surface area contributed by atoms with Crippen LogP contribution in [0, 0.1) is 13.8 Å². The third-order valence-electron chi connectivity index (χ3n) is 6.99. The summed E-state index contributed by atoms with van der Waals surface area (Å²) in [6.45, 7) is 4.30. The highest BCUT2D eigenvalue weighted by atomic mass is 79.9. The molecule has 2 nitrogen and oxygen atoms in total. The molecule has 4 heteroatoms. The molecule has 0 saturated heterocycles. The first-order valence-electron chi connectivity index (χ1n) is 12.1. The van der Waals surface area contributed by atoms with Crippen LogP contribution in [-0.4, -0.2) is 10.1 Å². The SMILES string of the molecule is Cc1ccc(/C=C2\CCCC3=C2N=C2SC=C(c4ccc(Br)cc4)N2[C@@H]3c2ccc(C)cc2)cc1. The summed E-state index contributed by atoms with van der Waals surface area (Å²) in [6.07, 6.45) is 5.65. The Hall–Kier alpha value is -2.82. The number of aryl methyl sites for hydroxylation is 2. The van der Waals surface area contributed by atoms with Crippen LogP contribution < -0.4 is 0 Å². The van der Waals surface area contributed by atoms with Crippen LogP contribution in [0.2, 0.25) is 0 Å². The summed E-state index contributed by atoms with van der Waals surface area (Å²) in [4.78, 5) is 7.77. The van der Waals surface area contributed by atoms with Gasteiger partial charge in [-0.05, 0) is 79.2 Å². The number of thioether (sulfide) groups is 1. The maximum atomic E-state index is 5.30. The summed E-state index contributed by atoms with van der Waals surface area (Å²) in [7, 11) is 0. The van der Waals surface area contributed by atoms with Gasteiger partial charge in [0.15, 0.2) is 5.17 Å². The van der Waals surface area contributed by atoms with E-state index >= 15 is 0 Å². The highest BCUT2D eigenvalue weighted by molar-refractivity contribution is 9.10. The number of amidine groups is 1. The van der Waals surface area contributed by atoms with Crippen LogP contribution in [0.5, 0.6) is 0 Å². The van der Waals surface area contributed by atoms with Crippen molar-refractivity contribution < 1.29 is 0 Å². The van der Waals surface area contributed by atoms with E-state index in [1.165, 1.54) is 50.4 Å². The second kappa shape index (κ2) is 9.33. The molecule has 0 N–H and O–H groups in total. The molecule has 3 aromatic rings. The van der Waals surface area contributed by atoms with Crippen LogP contribution in [0.1, 0.15) is 53.1 Å². The first-order valence-corrected chi connectivity index (χ1v) is 13.8. The van der Waals surface area contributed by atoms with Crippen molar-refractivity contribution in [1.29, 1.82) is 0 Å². The zero-order chi connectivity index (χ0) is 23.9. The third-order valence-corrected chi connectivity index (χ3v) is 8.36. The maximum absolute atomic E-state index is 5.30. The summed E-state index contributed by atoms with van der Waals surface area (Å²) in [5.41, 5.74) is 11.6. The van der Waals surface area contributed by atoms with Crippen LogP contribution in [0.25, 0.3) is 11.8 Å². The second-order valence-electron chi connectivity index (χ2n) is 9.51. The first kappa shape index (κ1) is 22.6. The van der Waals surface area contributed by atoms with Gasteiger partial charge in [-0.15, -0.1) is 0 Å². The van der Waals surface area contributed by atoms with E-state index in [4.69, 9.17) is 4.99 Å². The van der Waals surface area contributed by atoms with Gasteiger partial charge in [-0.25, -0.2) is 4.99 Å². The number of hydrogen-bond acceptors (Lipinski definition) is 3. The molecule has 0 unspecified atom stereocenters. The van der Waals surface area contributed by atoms with Gasteiger partial charge in [0.05, 0.1) is 17.4 Å². The third kappa shape index (κ3) is 4.34. The van der Waals surface area contributed by atoms with Crippen LogP contribution in [0.15, 0.2) is 105 Å². The van der Waals surface area contributed by atoms with Crippen molar-refractivity contribution in [2.45, 2.75) is 39.2 Å². The van der Waals surface area contributed by atoms with Gasteiger partial charge < -0.3 is 4.90 Å². The molecule has 0 spiro atoms. The fourth-order valence-electron chi connectivity index (χ4n) is 5.16. The van der Waals surface area contributed by atoms with Gasteiger partial charge in [0, 0.05) is 9.88 Å². The Morgan fingerprint density at radius 3 is 2.29 bits per heavy atom. The highest BCUT2D eigenvalue weighted by Crippen LogP contribution is 2.51. The lowest BCUT2D eigenvalue weighted by Crippen LogP contribution is -2.34. The van der Waals surface area contributed by atoms with Crippen molar-refractivity contribution in [2.24, 2.45) is 4.99 Å². The normalized spacial score (nSPS) is 20.5. The number of benzene rings is 3. The number of rotatable bonds is 3. The molecular weight excluding hydrogens is 512 g/mol. The molecule has 0 aromatic heterocycles. The van der Waals surface area contributed by atoms with Gasteiger partial charge in [0.25, 0.3) is 0 Å².